The highest BCUT2D eigenvalue weighted by molar-refractivity contribution is 6.17. The van der Waals surface area contributed by atoms with E-state index < -0.39 is 0 Å². The zero-order valence-corrected chi connectivity index (χ0v) is 8.76. The molecule has 2 nitrogen and oxygen atoms in total. The molecule has 1 unspecified atom stereocenters. The van der Waals surface area contributed by atoms with Gasteiger partial charge in [-0.3, -0.25) is 4.90 Å². The van der Waals surface area contributed by atoms with Gasteiger partial charge in [-0.05, 0) is 38.8 Å². The van der Waals surface area contributed by atoms with Crippen LogP contribution in [0.1, 0.15) is 32.1 Å². The molecule has 0 aromatic carbocycles. The van der Waals surface area contributed by atoms with Crippen LogP contribution in [0.25, 0.3) is 0 Å². The van der Waals surface area contributed by atoms with Gasteiger partial charge in [0, 0.05) is 5.88 Å². The van der Waals surface area contributed by atoms with E-state index in [1.54, 1.807) is 0 Å². The Hall–Kier alpha value is -0.260. The van der Waals surface area contributed by atoms with E-state index in [2.05, 4.69) is 11.0 Å². The highest BCUT2D eigenvalue weighted by Gasteiger charge is 2.22. The van der Waals surface area contributed by atoms with Crippen molar-refractivity contribution in [2.75, 3.05) is 19.0 Å². The Balaban J connectivity index is 2.10. The van der Waals surface area contributed by atoms with Crippen molar-refractivity contribution in [3.63, 3.8) is 0 Å². The summed E-state index contributed by atoms with van der Waals surface area (Å²) in [5.41, 5.74) is 0. The fraction of sp³-hybridized carbons (Fsp3) is 0.900. The van der Waals surface area contributed by atoms with E-state index >= 15 is 0 Å². The van der Waals surface area contributed by atoms with Gasteiger partial charge in [0.05, 0.1) is 12.1 Å². The van der Waals surface area contributed by atoms with Crippen LogP contribution in [0.4, 0.5) is 0 Å². The van der Waals surface area contributed by atoms with Crippen molar-refractivity contribution >= 4 is 11.6 Å². The average Bonchev–Trinajstić information content (AvgIpc) is 2.60. The van der Waals surface area contributed by atoms with Gasteiger partial charge in [0.1, 0.15) is 0 Å². The summed E-state index contributed by atoms with van der Waals surface area (Å²) in [6.07, 6.45) is 5.73. The lowest BCUT2D eigenvalue weighted by atomic mass is 10.2. The summed E-state index contributed by atoms with van der Waals surface area (Å²) < 4.78 is 0. The first kappa shape index (κ1) is 10.8. The lowest BCUT2D eigenvalue weighted by Gasteiger charge is -2.18. The maximum Gasteiger partial charge on any atom is 0.0978 e. The van der Waals surface area contributed by atoms with Crippen LogP contribution in [-0.4, -0.2) is 29.9 Å². The Morgan fingerprint density at radius 3 is 2.92 bits per heavy atom. The third-order valence-electron chi connectivity index (χ3n) is 2.59. The normalized spacial score (nSPS) is 23.2. The number of unbranched alkanes of at least 4 members (excludes halogenated alkanes) is 2. The van der Waals surface area contributed by atoms with Crippen LogP contribution in [-0.2, 0) is 0 Å². The molecule has 0 radical (unpaired) electrons. The molecule has 13 heavy (non-hydrogen) atoms. The number of hydrogen-bond acceptors (Lipinski definition) is 2. The van der Waals surface area contributed by atoms with Crippen LogP contribution >= 0.6 is 11.6 Å². The van der Waals surface area contributed by atoms with Gasteiger partial charge in [-0.25, -0.2) is 0 Å². The molecule has 1 heterocycles. The van der Waals surface area contributed by atoms with E-state index in [4.69, 9.17) is 16.9 Å². The zero-order valence-electron chi connectivity index (χ0n) is 8.01. The second-order valence-corrected chi connectivity index (χ2v) is 3.95. The predicted octanol–water partition coefficient (Wildman–Crippen LogP) is 2.38. The van der Waals surface area contributed by atoms with E-state index in [1.807, 2.05) is 0 Å². The van der Waals surface area contributed by atoms with E-state index in [0.717, 1.165) is 31.8 Å². The number of likely N-dealkylation sites (tertiary alicyclic amines) is 1. The van der Waals surface area contributed by atoms with Gasteiger partial charge >= 0.3 is 0 Å². The minimum absolute atomic E-state index is 0.191. The Morgan fingerprint density at radius 1 is 1.38 bits per heavy atom. The number of alkyl halides is 1. The molecule has 3 heteroatoms. The van der Waals surface area contributed by atoms with Gasteiger partial charge < -0.3 is 0 Å². The summed E-state index contributed by atoms with van der Waals surface area (Å²) in [6, 6.07) is 2.55. The van der Waals surface area contributed by atoms with E-state index in [0.29, 0.717) is 0 Å². The lowest BCUT2D eigenvalue weighted by Crippen LogP contribution is -2.29. The number of hydrogen-bond donors (Lipinski definition) is 0. The van der Waals surface area contributed by atoms with Crippen molar-refractivity contribution in [3.05, 3.63) is 0 Å². The predicted molar refractivity (Wildman–Crippen MR) is 54.8 cm³/mol. The largest absolute Gasteiger partial charge is 0.288 e. The first-order valence-electron chi connectivity index (χ1n) is 5.08. The Morgan fingerprint density at radius 2 is 2.23 bits per heavy atom. The first-order chi connectivity index (χ1) is 6.38. The molecular formula is C10H17ClN2. The smallest absolute Gasteiger partial charge is 0.0978 e. The summed E-state index contributed by atoms with van der Waals surface area (Å²) in [6.45, 7) is 2.19. The zero-order chi connectivity index (χ0) is 9.52. The molecule has 1 fully saturated rings. The Kier molecular flexibility index (Phi) is 5.19. The van der Waals surface area contributed by atoms with E-state index in [-0.39, 0.29) is 6.04 Å². The van der Waals surface area contributed by atoms with Crippen molar-refractivity contribution in [1.82, 2.24) is 4.90 Å². The molecule has 1 atom stereocenters. The van der Waals surface area contributed by atoms with E-state index in [9.17, 15) is 0 Å². The number of nitriles is 1. The molecule has 0 aromatic heterocycles. The molecule has 0 bridgehead atoms. The molecule has 0 N–H and O–H groups in total. The minimum Gasteiger partial charge on any atom is -0.288 e. The second-order valence-electron chi connectivity index (χ2n) is 3.57. The molecule has 0 spiro atoms. The number of nitrogens with zero attached hydrogens (tertiary/aromatic N) is 2. The van der Waals surface area contributed by atoms with Gasteiger partial charge in [-0.2, -0.15) is 5.26 Å². The Bertz CT molecular complexity index is 176. The van der Waals surface area contributed by atoms with Crippen LogP contribution < -0.4 is 0 Å². The molecule has 0 aliphatic carbocycles. The van der Waals surface area contributed by atoms with Crippen LogP contribution in [0.2, 0.25) is 0 Å². The molecule has 0 aromatic rings. The average molecular weight is 201 g/mol. The van der Waals surface area contributed by atoms with E-state index in [1.165, 1.54) is 19.3 Å². The van der Waals surface area contributed by atoms with Gasteiger partial charge in [-0.15, -0.1) is 11.6 Å². The van der Waals surface area contributed by atoms with Gasteiger partial charge in [0.15, 0.2) is 0 Å². The highest BCUT2D eigenvalue weighted by atomic mass is 35.5. The van der Waals surface area contributed by atoms with Crippen molar-refractivity contribution in [1.29, 1.82) is 5.26 Å². The molecule has 1 aliphatic heterocycles. The summed E-state index contributed by atoms with van der Waals surface area (Å²) >= 11 is 5.59. The molecule has 1 aliphatic rings. The van der Waals surface area contributed by atoms with Crippen molar-refractivity contribution in [2.24, 2.45) is 0 Å². The molecular weight excluding hydrogens is 184 g/mol. The van der Waals surface area contributed by atoms with Crippen LogP contribution in [0, 0.1) is 11.3 Å². The minimum atomic E-state index is 0.191. The topological polar surface area (TPSA) is 27.0 Å². The summed E-state index contributed by atoms with van der Waals surface area (Å²) in [4.78, 5) is 2.30. The summed E-state index contributed by atoms with van der Waals surface area (Å²) in [5, 5.41) is 8.83. The number of halogens is 1. The molecule has 74 valence electrons. The first-order valence-corrected chi connectivity index (χ1v) is 5.61. The fourth-order valence-corrected chi connectivity index (χ4v) is 2.02. The summed E-state index contributed by atoms with van der Waals surface area (Å²) in [7, 11) is 0. The van der Waals surface area contributed by atoms with Gasteiger partial charge in [0.25, 0.3) is 0 Å². The second kappa shape index (κ2) is 6.23. The quantitative estimate of drug-likeness (QED) is 0.504. The SMILES string of the molecule is N#CC1CCCN1CCCCCCl. The summed E-state index contributed by atoms with van der Waals surface area (Å²) in [5.74, 6) is 0.766. The molecule has 1 saturated heterocycles. The maximum absolute atomic E-state index is 8.83. The Labute approximate surface area is 85.5 Å². The highest BCUT2D eigenvalue weighted by Crippen LogP contribution is 2.16. The van der Waals surface area contributed by atoms with Crippen LogP contribution in [0.3, 0.4) is 0 Å². The van der Waals surface area contributed by atoms with Crippen molar-refractivity contribution in [2.45, 2.75) is 38.1 Å². The van der Waals surface area contributed by atoms with Crippen LogP contribution in [0.5, 0.6) is 0 Å². The number of rotatable bonds is 5. The van der Waals surface area contributed by atoms with Crippen LogP contribution in [0.15, 0.2) is 0 Å². The fourth-order valence-electron chi connectivity index (χ4n) is 1.83. The third kappa shape index (κ3) is 3.54. The third-order valence-corrected chi connectivity index (χ3v) is 2.86. The standard InChI is InChI=1S/C10H17ClN2/c11-6-2-1-3-7-13-8-4-5-10(13)9-12/h10H,1-8H2. The van der Waals surface area contributed by atoms with Gasteiger partial charge in [-0.1, -0.05) is 6.42 Å². The monoisotopic (exact) mass is 200 g/mol. The molecule has 0 saturated carbocycles. The maximum atomic E-state index is 8.83. The van der Waals surface area contributed by atoms with Crippen molar-refractivity contribution < 1.29 is 0 Å². The molecule has 0 amide bonds. The van der Waals surface area contributed by atoms with Gasteiger partial charge in [0.2, 0.25) is 0 Å². The lowest BCUT2D eigenvalue weighted by molar-refractivity contribution is 0.288. The van der Waals surface area contributed by atoms with Crippen molar-refractivity contribution in [3.8, 4) is 6.07 Å². The molecule has 1 rings (SSSR count).